The maximum atomic E-state index is 5.70. The fraction of sp³-hybridized carbons (Fsp3) is 0.125. The number of halogens is 1. The summed E-state index contributed by atoms with van der Waals surface area (Å²) in [6.45, 7) is 1.49. The van der Waals surface area contributed by atoms with Crippen LogP contribution in [0.2, 0.25) is 0 Å². The van der Waals surface area contributed by atoms with E-state index in [1.54, 1.807) is 0 Å². The Labute approximate surface area is 121 Å². The van der Waals surface area contributed by atoms with Gasteiger partial charge in [0.15, 0.2) is 0 Å². The number of hydrogen-bond acceptors (Lipinski definition) is 1. The highest BCUT2D eigenvalue weighted by Crippen LogP contribution is 2.32. The van der Waals surface area contributed by atoms with Crippen LogP contribution in [0.3, 0.4) is 0 Å². The van der Waals surface area contributed by atoms with E-state index in [-0.39, 0.29) is 0 Å². The van der Waals surface area contributed by atoms with Crippen molar-refractivity contribution in [3.05, 3.63) is 59.2 Å². The summed E-state index contributed by atoms with van der Waals surface area (Å²) in [5, 5.41) is 1.26. The Morgan fingerprint density at radius 3 is 2.58 bits per heavy atom. The summed E-state index contributed by atoms with van der Waals surface area (Å²) >= 11 is 3.55. The fourth-order valence-electron chi connectivity index (χ4n) is 2.44. The lowest BCUT2D eigenvalue weighted by molar-refractivity contribution is 0.736. The monoisotopic (exact) mass is 314 g/mol. The van der Waals surface area contributed by atoms with Crippen LogP contribution in [0.4, 0.5) is 0 Å². The molecule has 0 fully saturated rings. The Morgan fingerprint density at radius 1 is 1.05 bits per heavy atom. The number of aromatic nitrogens is 1. The second kappa shape index (κ2) is 5.19. The van der Waals surface area contributed by atoms with Gasteiger partial charge in [-0.2, -0.15) is 0 Å². The first-order valence-electron chi connectivity index (χ1n) is 6.33. The van der Waals surface area contributed by atoms with Crippen LogP contribution in [0, 0.1) is 0 Å². The average Bonchev–Trinajstić information content (AvgIpc) is 2.78. The minimum absolute atomic E-state index is 0.647. The summed E-state index contributed by atoms with van der Waals surface area (Å²) in [4.78, 5) is 0. The van der Waals surface area contributed by atoms with Gasteiger partial charge in [0.05, 0.1) is 0 Å². The Hall–Kier alpha value is -1.58. The molecule has 0 aliphatic carbocycles. The highest BCUT2D eigenvalue weighted by Gasteiger charge is 2.10. The first kappa shape index (κ1) is 12.5. The summed E-state index contributed by atoms with van der Waals surface area (Å²) < 4.78 is 3.33. The van der Waals surface area contributed by atoms with Crippen molar-refractivity contribution >= 4 is 26.8 Å². The number of hydrogen-bond donors (Lipinski definition) is 1. The Balaban J connectivity index is 2.26. The molecule has 2 aromatic carbocycles. The lowest BCUT2D eigenvalue weighted by Gasteiger charge is -2.01. The van der Waals surface area contributed by atoms with Gasteiger partial charge in [-0.15, -0.1) is 0 Å². The molecular formula is C16H15BrN2. The van der Waals surface area contributed by atoms with Gasteiger partial charge in [-0.25, -0.2) is 0 Å². The Morgan fingerprint density at radius 2 is 1.84 bits per heavy atom. The summed E-state index contributed by atoms with van der Waals surface area (Å²) in [5.41, 5.74) is 9.42. The Kier molecular flexibility index (Phi) is 3.40. The van der Waals surface area contributed by atoms with Crippen LogP contribution in [0.15, 0.2) is 59.2 Å². The van der Waals surface area contributed by atoms with E-state index >= 15 is 0 Å². The molecule has 0 aliphatic heterocycles. The molecule has 3 rings (SSSR count). The maximum absolute atomic E-state index is 5.70. The molecule has 0 amide bonds. The molecule has 0 spiro atoms. The molecule has 1 heterocycles. The molecule has 0 saturated heterocycles. The van der Waals surface area contributed by atoms with E-state index in [0.29, 0.717) is 6.54 Å². The summed E-state index contributed by atoms with van der Waals surface area (Å²) in [6.07, 6.45) is 2.19. The number of nitrogens with zero attached hydrogens (tertiary/aromatic N) is 1. The van der Waals surface area contributed by atoms with Crippen molar-refractivity contribution in [3.63, 3.8) is 0 Å². The van der Waals surface area contributed by atoms with Crippen LogP contribution < -0.4 is 5.73 Å². The lowest BCUT2D eigenvalue weighted by Crippen LogP contribution is -2.08. The van der Waals surface area contributed by atoms with E-state index < -0.39 is 0 Å². The number of benzene rings is 2. The summed E-state index contributed by atoms with van der Waals surface area (Å²) in [6, 6.07) is 16.8. The Bertz CT molecular complexity index is 701. The fourth-order valence-corrected chi connectivity index (χ4v) is 2.80. The standard InChI is InChI=1S/C16H15BrN2/c17-13-6-7-16-14(10-13)15(11-19(16)9-8-18)12-4-2-1-3-5-12/h1-7,10-11H,8-9,18H2. The SMILES string of the molecule is NCCn1cc(-c2ccccc2)c2cc(Br)ccc21. The second-order valence-corrected chi connectivity index (χ2v) is 5.47. The molecule has 0 radical (unpaired) electrons. The zero-order valence-electron chi connectivity index (χ0n) is 10.5. The molecular weight excluding hydrogens is 300 g/mol. The maximum Gasteiger partial charge on any atom is 0.0487 e. The molecule has 1 aromatic heterocycles. The van der Waals surface area contributed by atoms with Gasteiger partial charge in [0.2, 0.25) is 0 Å². The zero-order chi connectivity index (χ0) is 13.2. The van der Waals surface area contributed by atoms with E-state index in [2.05, 4.69) is 69.2 Å². The van der Waals surface area contributed by atoms with Gasteiger partial charge in [0.1, 0.15) is 0 Å². The average molecular weight is 315 g/mol. The van der Waals surface area contributed by atoms with Crippen molar-refractivity contribution in [2.45, 2.75) is 6.54 Å². The van der Waals surface area contributed by atoms with Gasteiger partial charge in [0, 0.05) is 40.2 Å². The van der Waals surface area contributed by atoms with E-state index in [1.165, 1.54) is 22.0 Å². The number of fused-ring (bicyclic) bond motifs is 1. The van der Waals surface area contributed by atoms with Gasteiger partial charge in [-0.3, -0.25) is 0 Å². The molecule has 96 valence electrons. The summed E-state index contributed by atoms with van der Waals surface area (Å²) in [7, 11) is 0. The van der Waals surface area contributed by atoms with Crippen LogP contribution in [0.1, 0.15) is 0 Å². The largest absolute Gasteiger partial charge is 0.346 e. The van der Waals surface area contributed by atoms with Crippen molar-refractivity contribution in [3.8, 4) is 11.1 Å². The lowest BCUT2D eigenvalue weighted by atomic mass is 10.1. The topological polar surface area (TPSA) is 30.9 Å². The van der Waals surface area contributed by atoms with Crippen LogP contribution in [-0.2, 0) is 6.54 Å². The normalized spacial score (nSPS) is 11.1. The van der Waals surface area contributed by atoms with E-state index in [0.717, 1.165) is 11.0 Å². The van der Waals surface area contributed by atoms with Crippen LogP contribution in [-0.4, -0.2) is 11.1 Å². The van der Waals surface area contributed by atoms with Crippen LogP contribution in [0.5, 0.6) is 0 Å². The smallest absolute Gasteiger partial charge is 0.0487 e. The zero-order valence-corrected chi connectivity index (χ0v) is 12.1. The molecule has 0 unspecified atom stereocenters. The van der Waals surface area contributed by atoms with E-state index in [4.69, 9.17) is 5.73 Å². The third-order valence-electron chi connectivity index (χ3n) is 3.30. The van der Waals surface area contributed by atoms with Crippen LogP contribution in [0.25, 0.3) is 22.0 Å². The van der Waals surface area contributed by atoms with Gasteiger partial charge in [-0.05, 0) is 23.8 Å². The molecule has 19 heavy (non-hydrogen) atoms. The number of rotatable bonds is 3. The van der Waals surface area contributed by atoms with Crippen molar-refractivity contribution in [1.82, 2.24) is 4.57 Å². The van der Waals surface area contributed by atoms with Crippen molar-refractivity contribution in [1.29, 1.82) is 0 Å². The quantitative estimate of drug-likeness (QED) is 0.777. The minimum Gasteiger partial charge on any atom is -0.346 e. The molecule has 3 heteroatoms. The predicted octanol–water partition coefficient (Wildman–Crippen LogP) is 4.03. The van der Waals surface area contributed by atoms with Gasteiger partial charge < -0.3 is 10.3 Å². The third kappa shape index (κ3) is 2.31. The van der Waals surface area contributed by atoms with Crippen molar-refractivity contribution < 1.29 is 0 Å². The molecule has 3 aromatic rings. The van der Waals surface area contributed by atoms with Crippen LogP contribution >= 0.6 is 15.9 Å². The molecule has 0 atom stereocenters. The van der Waals surface area contributed by atoms with E-state index in [9.17, 15) is 0 Å². The highest BCUT2D eigenvalue weighted by atomic mass is 79.9. The predicted molar refractivity (Wildman–Crippen MR) is 84.1 cm³/mol. The molecule has 2 nitrogen and oxygen atoms in total. The molecule has 0 bridgehead atoms. The first-order chi connectivity index (χ1) is 9.29. The summed E-state index contributed by atoms with van der Waals surface area (Å²) in [5.74, 6) is 0. The van der Waals surface area contributed by atoms with Gasteiger partial charge in [0.25, 0.3) is 0 Å². The molecule has 0 aliphatic rings. The minimum atomic E-state index is 0.647. The van der Waals surface area contributed by atoms with Gasteiger partial charge in [-0.1, -0.05) is 46.3 Å². The molecule has 2 N–H and O–H groups in total. The highest BCUT2D eigenvalue weighted by molar-refractivity contribution is 9.10. The third-order valence-corrected chi connectivity index (χ3v) is 3.79. The van der Waals surface area contributed by atoms with Crippen molar-refractivity contribution in [2.24, 2.45) is 5.73 Å². The van der Waals surface area contributed by atoms with Crippen molar-refractivity contribution in [2.75, 3.05) is 6.54 Å². The first-order valence-corrected chi connectivity index (χ1v) is 7.13. The van der Waals surface area contributed by atoms with E-state index in [1.807, 2.05) is 6.07 Å². The number of nitrogens with two attached hydrogens (primary N) is 1. The van der Waals surface area contributed by atoms with Gasteiger partial charge >= 0.3 is 0 Å². The molecule has 0 saturated carbocycles. The second-order valence-electron chi connectivity index (χ2n) is 4.55.